The van der Waals surface area contributed by atoms with Crippen molar-refractivity contribution < 1.29 is 9.90 Å². The first-order valence-electron chi connectivity index (χ1n) is 6.14. The first kappa shape index (κ1) is 13.1. The normalized spacial score (nSPS) is 21.9. The van der Waals surface area contributed by atoms with E-state index in [0.717, 1.165) is 19.6 Å². The molecule has 1 saturated heterocycles. The Balaban J connectivity index is 2.02. The van der Waals surface area contributed by atoms with E-state index >= 15 is 0 Å². The molecule has 0 saturated carbocycles. The Bertz CT molecular complexity index is 399. The minimum Gasteiger partial charge on any atom is -0.481 e. The van der Waals surface area contributed by atoms with Crippen molar-refractivity contribution >= 4 is 14.0 Å². The monoisotopic (exact) mass is 244 g/mol. The van der Waals surface area contributed by atoms with Gasteiger partial charge in [-0.25, -0.2) is 0 Å². The van der Waals surface area contributed by atoms with Gasteiger partial charge >= 0.3 is 5.97 Å². The predicted molar refractivity (Wildman–Crippen MR) is 70.2 cm³/mol. The van der Waals surface area contributed by atoms with Gasteiger partial charge in [0, 0.05) is 25.7 Å². The largest absolute Gasteiger partial charge is 0.481 e. The lowest BCUT2D eigenvalue weighted by Crippen LogP contribution is -2.52. The van der Waals surface area contributed by atoms with Crippen LogP contribution < -0.4 is 0 Å². The number of carbonyl (C=O) groups is 1. The summed E-state index contributed by atoms with van der Waals surface area (Å²) >= 11 is 0. The second kappa shape index (κ2) is 6.02. The van der Waals surface area contributed by atoms with Gasteiger partial charge in [-0.2, -0.15) is 0 Å². The van der Waals surface area contributed by atoms with E-state index in [9.17, 15) is 4.79 Å². The molecule has 1 aromatic rings. The molecule has 0 amide bonds. The fraction of sp³-hybridized carbons (Fsp3) is 0.462. The third-order valence-electron chi connectivity index (χ3n) is 3.27. The van der Waals surface area contributed by atoms with E-state index in [1.165, 1.54) is 5.56 Å². The minimum absolute atomic E-state index is 0.0125. The summed E-state index contributed by atoms with van der Waals surface area (Å²) in [6.07, 6.45) is 0.139. The first-order valence-corrected chi connectivity index (χ1v) is 6.14. The average Bonchev–Trinajstić information content (AvgIpc) is 2.33. The Kier molecular flexibility index (Phi) is 4.39. The highest BCUT2D eigenvalue weighted by molar-refractivity contribution is 6.04. The molecular formula is C13H17BN2O2. The molecule has 2 radical (unpaired) electrons. The van der Waals surface area contributed by atoms with Gasteiger partial charge in [0.05, 0.1) is 6.42 Å². The Labute approximate surface area is 109 Å². The van der Waals surface area contributed by atoms with Gasteiger partial charge in [0.15, 0.2) is 7.98 Å². The van der Waals surface area contributed by atoms with Gasteiger partial charge in [0.25, 0.3) is 0 Å². The van der Waals surface area contributed by atoms with Crippen molar-refractivity contribution in [3.8, 4) is 0 Å². The van der Waals surface area contributed by atoms with Crippen molar-refractivity contribution in [1.29, 1.82) is 0 Å². The lowest BCUT2D eigenvalue weighted by atomic mass is 10.0. The third-order valence-corrected chi connectivity index (χ3v) is 3.27. The number of piperazine rings is 1. The van der Waals surface area contributed by atoms with Crippen LogP contribution in [0.5, 0.6) is 0 Å². The maximum atomic E-state index is 10.9. The van der Waals surface area contributed by atoms with Crippen LogP contribution in [0.1, 0.15) is 12.0 Å². The van der Waals surface area contributed by atoms with Crippen LogP contribution in [0, 0.1) is 0 Å². The maximum absolute atomic E-state index is 10.9. The molecule has 4 nitrogen and oxygen atoms in total. The van der Waals surface area contributed by atoms with Crippen LogP contribution in [-0.4, -0.2) is 54.4 Å². The summed E-state index contributed by atoms with van der Waals surface area (Å²) in [5.41, 5.74) is 1.21. The Morgan fingerprint density at radius 1 is 1.33 bits per heavy atom. The van der Waals surface area contributed by atoms with Crippen molar-refractivity contribution in [2.75, 3.05) is 19.6 Å². The van der Waals surface area contributed by atoms with Crippen molar-refractivity contribution in [1.82, 2.24) is 9.71 Å². The summed E-state index contributed by atoms with van der Waals surface area (Å²) in [6.45, 7) is 2.98. The molecule has 0 spiro atoms. The zero-order chi connectivity index (χ0) is 13.0. The smallest absolute Gasteiger partial charge is 0.304 e. The van der Waals surface area contributed by atoms with Crippen molar-refractivity contribution in [3.63, 3.8) is 0 Å². The highest BCUT2D eigenvalue weighted by atomic mass is 16.4. The molecule has 18 heavy (non-hydrogen) atoms. The van der Waals surface area contributed by atoms with Crippen LogP contribution in [0.25, 0.3) is 0 Å². The van der Waals surface area contributed by atoms with Gasteiger partial charge in [0.1, 0.15) is 0 Å². The van der Waals surface area contributed by atoms with Gasteiger partial charge < -0.3 is 9.92 Å². The zero-order valence-electron chi connectivity index (χ0n) is 10.3. The van der Waals surface area contributed by atoms with Crippen molar-refractivity contribution in [2.24, 2.45) is 0 Å². The lowest BCUT2D eigenvalue weighted by molar-refractivity contribution is -0.138. The highest BCUT2D eigenvalue weighted by Gasteiger charge is 2.26. The molecule has 1 aliphatic rings. The topological polar surface area (TPSA) is 43.8 Å². The second-order valence-electron chi connectivity index (χ2n) is 4.70. The molecule has 1 aliphatic heterocycles. The lowest BCUT2D eigenvalue weighted by Gasteiger charge is -2.39. The molecular weight excluding hydrogens is 227 g/mol. The molecule has 94 valence electrons. The van der Waals surface area contributed by atoms with Crippen LogP contribution in [0.2, 0.25) is 0 Å². The number of hydrogen-bond acceptors (Lipinski definition) is 3. The SMILES string of the molecule is [B]N1CCN(Cc2ccccc2)C(CC(=O)O)C1. The summed E-state index contributed by atoms with van der Waals surface area (Å²) < 4.78 is 0. The summed E-state index contributed by atoms with van der Waals surface area (Å²) in [7, 11) is 5.77. The highest BCUT2D eigenvalue weighted by Crippen LogP contribution is 2.15. The van der Waals surface area contributed by atoms with E-state index in [1.807, 2.05) is 18.2 Å². The molecule has 0 bridgehead atoms. The Hall–Kier alpha value is -1.33. The number of benzene rings is 1. The first-order chi connectivity index (χ1) is 8.65. The van der Waals surface area contributed by atoms with E-state index in [-0.39, 0.29) is 12.5 Å². The number of hydrogen-bond donors (Lipinski definition) is 1. The van der Waals surface area contributed by atoms with Gasteiger partial charge in [-0.3, -0.25) is 9.69 Å². The van der Waals surface area contributed by atoms with Gasteiger partial charge in [-0.05, 0) is 12.1 Å². The van der Waals surface area contributed by atoms with Gasteiger partial charge in [-0.15, -0.1) is 0 Å². The summed E-state index contributed by atoms with van der Waals surface area (Å²) in [4.78, 5) is 14.8. The van der Waals surface area contributed by atoms with E-state index in [2.05, 4.69) is 17.0 Å². The zero-order valence-corrected chi connectivity index (χ0v) is 10.3. The molecule has 0 aliphatic carbocycles. The van der Waals surface area contributed by atoms with Crippen LogP contribution >= 0.6 is 0 Å². The number of aliphatic carboxylic acids is 1. The van der Waals surface area contributed by atoms with E-state index in [0.29, 0.717) is 6.54 Å². The van der Waals surface area contributed by atoms with Crippen LogP contribution in [-0.2, 0) is 11.3 Å². The second-order valence-corrected chi connectivity index (χ2v) is 4.70. The van der Waals surface area contributed by atoms with Gasteiger partial charge in [0.2, 0.25) is 0 Å². The molecule has 1 fully saturated rings. The molecule has 5 heteroatoms. The molecule has 2 rings (SSSR count). The van der Waals surface area contributed by atoms with Crippen LogP contribution in [0.15, 0.2) is 30.3 Å². The summed E-state index contributed by atoms with van der Waals surface area (Å²) in [5.74, 6) is -0.770. The van der Waals surface area contributed by atoms with E-state index in [4.69, 9.17) is 13.1 Å². The standard InChI is InChI=1S/C13H17BN2O2/c14-16-7-6-15(12(10-16)8-13(17)18)9-11-4-2-1-3-5-11/h1-5,12H,6-10H2,(H,17,18). The molecule has 1 aromatic carbocycles. The molecule has 1 heterocycles. The third kappa shape index (κ3) is 3.58. The van der Waals surface area contributed by atoms with Crippen LogP contribution in [0.4, 0.5) is 0 Å². The number of carboxylic acid groups (broad SMARTS) is 1. The summed E-state index contributed by atoms with van der Waals surface area (Å²) in [6, 6.07) is 10.1. The van der Waals surface area contributed by atoms with E-state index in [1.54, 1.807) is 4.81 Å². The quantitative estimate of drug-likeness (QED) is 0.793. The fourth-order valence-electron chi connectivity index (χ4n) is 2.34. The van der Waals surface area contributed by atoms with Crippen molar-refractivity contribution in [3.05, 3.63) is 35.9 Å². The maximum Gasteiger partial charge on any atom is 0.304 e. The molecule has 1 unspecified atom stereocenters. The Morgan fingerprint density at radius 2 is 2.06 bits per heavy atom. The predicted octanol–water partition coefficient (Wildman–Crippen LogP) is 0.731. The number of rotatable bonds is 4. The molecule has 0 aromatic heterocycles. The fourth-order valence-corrected chi connectivity index (χ4v) is 2.34. The number of carboxylic acids is 1. The average molecular weight is 244 g/mol. The molecule has 1 N–H and O–H groups in total. The summed E-state index contributed by atoms with van der Waals surface area (Å²) in [5, 5.41) is 8.95. The molecule has 1 atom stereocenters. The van der Waals surface area contributed by atoms with Crippen molar-refractivity contribution in [2.45, 2.75) is 19.0 Å². The van der Waals surface area contributed by atoms with Crippen LogP contribution in [0.3, 0.4) is 0 Å². The number of nitrogens with zero attached hydrogens (tertiary/aromatic N) is 2. The minimum atomic E-state index is -0.770. The van der Waals surface area contributed by atoms with E-state index < -0.39 is 5.97 Å². The Morgan fingerprint density at radius 3 is 2.72 bits per heavy atom. The van der Waals surface area contributed by atoms with Gasteiger partial charge in [-0.1, -0.05) is 30.3 Å².